The predicted octanol–water partition coefficient (Wildman–Crippen LogP) is 3.68. The van der Waals surface area contributed by atoms with Gasteiger partial charge in [-0.1, -0.05) is 42.5 Å². The van der Waals surface area contributed by atoms with Crippen molar-refractivity contribution in [1.29, 1.82) is 0 Å². The number of carbonyl (C=O) groups excluding carboxylic acids is 3. The lowest BCUT2D eigenvalue weighted by atomic mass is 10.2. The van der Waals surface area contributed by atoms with Crippen LogP contribution in [0.25, 0.3) is 6.08 Å². The number of amides is 3. The van der Waals surface area contributed by atoms with Crippen molar-refractivity contribution < 1.29 is 19.5 Å². The first-order valence-electron chi connectivity index (χ1n) is 9.61. The van der Waals surface area contributed by atoms with Crippen molar-refractivity contribution in [3.63, 3.8) is 0 Å². The van der Waals surface area contributed by atoms with Gasteiger partial charge >= 0.3 is 0 Å². The molecule has 10 heteroatoms. The Hall–Kier alpha value is -2.69. The van der Waals surface area contributed by atoms with Crippen molar-refractivity contribution in [3.05, 3.63) is 57.1 Å². The monoisotopic (exact) mass is 475 g/mol. The van der Waals surface area contributed by atoms with E-state index in [9.17, 15) is 19.5 Å². The van der Waals surface area contributed by atoms with Crippen molar-refractivity contribution in [2.75, 3.05) is 6.54 Å². The molecule has 0 bridgehead atoms. The molecule has 2 aromatic rings. The summed E-state index contributed by atoms with van der Waals surface area (Å²) in [6.07, 6.45) is 4.20. The van der Waals surface area contributed by atoms with Crippen LogP contribution >= 0.6 is 35.3 Å². The molecule has 7 nitrogen and oxygen atoms in total. The molecule has 1 aromatic carbocycles. The summed E-state index contributed by atoms with van der Waals surface area (Å²) in [5.41, 5.74) is 4.92. The van der Waals surface area contributed by atoms with Gasteiger partial charge in [-0.15, -0.1) is 11.3 Å². The molecule has 3 rings (SSSR count). The van der Waals surface area contributed by atoms with E-state index in [4.69, 9.17) is 12.2 Å². The molecule has 31 heavy (non-hydrogen) atoms. The van der Waals surface area contributed by atoms with E-state index in [2.05, 4.69) is 10.9 Å². The van der Waals surface area contributed by atoms with Gasteiger partial charge in [-0.05, 0) is 48.6 Å². The second-order valence-corrected chi connectivity index (χ2v) is 9.37. The molecule has 2 heterocycles. The molecule has 0 radical (unpaired) electrons. The van der Waals surface area contributed by atoms with E-state index < -0.39 is 5.91 Å². The molecule has 1 aliphatic heterocycles. The Bertz CT molecular complexity index is 1010. The van der Waals surface area contributed by atoms with Crippen LogP contribution in [0.15, 0.2) is 46.7 Å². The highest BCUT2D eigenvalue weighted by molar-refractivity contribution is 8.26. The van der Waals surface area contributed by atoms with E-state index >= 15 is 0 Å². The number of benzene rings is 1. The summed E-state index contributed by atoms with van der Waals surface area (Å²) in [6.45, 7) is 0.516. The molecule has 1 aliphatic rings. The molecule has 0 atom stereocenters. The lowest BCUT2D eigenvalue weighted by Gasteiger charge is -2.14. The van der Waals surface area contributed by atoms with Crippen LogP contribution in [-0.4, -0.2) is 38.6 Å². The number of phenols is 1. The highest BCUT2D eigenvalue weighted by Gasteiger charge is 2.31. The van der Waals surface area contributed by atoms with Crippen molar-refractivity contribution >= 4 is 63.4 Å². The second-order valence-electron chi connectivity index (χ2n) is 6.71. The molecule has 1 fully saturated rings. The molecule has 3 N–H and O–H groups in total. The number of hydrogen-bond donors (Lipinski definition) is 3. The van der Waals surface area contributed by atoms with E-state index in [1.54, 1.807) is 22.3 Å². The third-order valence-electron chi connectivity index (χ3n) is 4.40. The van der Waals surface area contributed by atoms with Gasteiger partial charge in [0.15, 0.2) is 0 Å². The van der Waals surface area contributed by atoms with Gasteiger partial charge in [0.25, 0.3) is 11.8 Å². The average Bonchev–Trinajstić information content (AvgIpc) is 3.35. The summed E-state index contributed by atoms with van der Waals surface area (Å²) in [5.74, 6) is -0.912. The Morgan fingerprint density at radius 3 is 2.71 bits per heavy atom. The van der Waals surface area contributed by atoms with Crippen molar-refractivity contribution in [1.82, 2.24) is 15.8 Å². The topological polar surface area (TPSA) is 98.7 Å². The summed E-state index contributed by atoms with van der Waals surface area (Å²) in [5, 5.41) is 11.3. The Morgan fingerprint density at radius 2 is 1.97 bits per heavy atom. The summed E-state index contributed by atoms with van der Waals surface area (Å²) >= 11 is 8.21. The van der Waals surface area contributed by atoms with Crippen molar-refractivity contribution in [3.8, 4) is 5.75 Å². The minimum absolute atomic E-state index is 0.0255. The minimum Gasteiger partial charge on any atom is -0.508 e. The van der Waals surface area contributed by atoms with Gasteiger partial charge < -0.3 is 5.11 Å². The van der Waals surface area contributed by atoms with E-state index in [1.165, 1.54) is 30.0 Å². The number of nitrogens with one attached hydrogen (secondary N) is 2. The number of nitrogens with zero attached hydrogens (tertiary/aromatic N) is 1. The largest absolute Gasteiger partial charge is 0.508 e. The van der Waals surface area contributed by atoms with Crippen LogP contribution in [0.2, 0.25) is 0 Å². The molecular formula is C21H21N3O4S3. The lowest BCUT2D eigenvalue weighted by molar-refractivity contribution is -0.123. The number of rotatable bonds is 8. The number of aromatic hydroxyl groups is 1. The van der Waals surface area contributed by atoms with Crippen LogP contribution in [0.3, 0.4) is 0 Å². The highest BCUT2D eigenvalue weighted by atomic mass is 32.2. The maximum absolute atomic E-state index is 12.5. The predicted molar refractivity (Wildman–Crippen MR) is 126 cm³/mol. The Labute approximate surface area is 193 Å². The fraction of sp³-hybridized carbons (Fsp3) is 0.238. The van der Waals surface area contributed by atoms with Crippen molar-refractivity contribution in [2.45, 2.75) is 25.7 Å². The number of phenolic OH excluding ortho intramolecular Hbond substituents is 1. The highest BCUT2D eigenvalue weighted by Crippen LogP contribution is 2.33. The quantitative estimate of drug-likeness (QED) is 0.233. The molecular weight excluding hydrogens is 454 g/mol. The van der Waals surface area contributed by atoms with Gasteiger partial charge in [-0.2, -0.15) is 0 Å². The van der Waals surface area contributed by atoms with Crippen LogP contribution in [0.1, 0.15) is 40.9 Å². The fourth-order valence-electron chi connectivity index (χ4n) is 2.84. The molecule has 0 unspecified atom stereocenters. The normalized spacial score (nSPS) is 14.8. The van der Waals surface area contributed by atoms with E-state index in [0.717, 1.165) is 17.7 Å². The Morgan fingerprint density at radius 1 is 1.13 bits per heavy atom. The minimum atomic E-state index is -0.505. The summed E-state index contributed by atoms with van der Waals surface area (Å²) in [7, 11) is 0. The number of thiophene rings is 1. The van der Waals surface area contributed by atoms with E-state index in [1.807, 2.05) is 23.6 Å². The molecule has 1 aromatic heterocycles. The maximum atomic E-state index is 12.5. The number of thiocarbonyl (C=S) groups is 1. The first kappa shape index (κ1) is 23.0. The van der Waals surface area contributed by atoms with Crippen molar-refractivity contribution in [2.24, 2.45) is 0 Å². The standard InChI is InChI=1S/C21H21N3O4S3/c25-15-7-4-6-14(12-15)19(27)23-22-18(26)9-2-1-3-10-24-20(28)17(31-21(24)29)13-16-8-5-11-30-16/h4-8,11-13,25H,1-3,9-10H2,(H,22,26)(H,23,27). The summed E-state index contributed by atoms with van der Waals surface area (Å²) < 4.78 is 0.556. The SMILES string of the molecule is O=C(CCCCCN1C(=O)C(=Cc2cccs2)SC1=S)NNC(=O)c1cccc(O)c1. The molecule has 3 amide bonds. The summed E-state index contributed by atoms with van der Waals surface area (Å²) in [6, 6.07) is 9.73. The van der Waals surface area contributed by atoms with Crippen LogP contribution in [0, 0.1) is 0 Å². The molecule has 1 saturated heterocycles. The number of unbranched alkanes of at least 4 members (excludes halogenated alkanes) is 2. The van der Waals surface area contributed by atoms with Gasteiger partial charge in [0.05, 0.1) is 4.91 Å². The Kier molecular flexibility index (Phi) is 8.21. The molecule has 0 spiro atoms. The molecule has 162 valence electrons. The lowest BCUT2D eigenvalue weighted by Crippen LogP contribution is -2.41. The average molecular weight is 476 g/mol. The number of thioether (sulfide) groups is 1. The number of hydrazine groups is 1. The zero-order valence-electron chi connectivity index (χ0n) is 16.5. The van der Waals surface area contributed by atoms with Crippen LogP contribution in [-0.2, 0) is 9.59 Å². The van der Waals surface area contributed by atoms with Gasteiger partial charge in [0, 0.05) is 23.4 Å². The third kappa shape index (κ3) is 6.65. The van der Waals surface area contributed by atoms with Crippen LogP contribution in [0.5, 0.6) is 5.75 Å². The van der Waals surface area contributed by atoms with Gasteiger partial charge in [-0.3, -0.25) is 30.1 Å². The second kappa shape index (κ2) is 11.1. The zero-order chi connectivity index (χ0) is 22.2. The summed E-state index contributed by atoms with van der Waals surface area (Å²) in [4.78, 5) is 39.6. The third-order valence-corrected chi connectivity index (χ3v) is 6.60. The first-order valence-corrected chi connectivity index (χ1v) is 11.7. The van der Waals surface area contributed by atoms with Crippen LogP contribution < -0.4 is 10.9 Å². The number of hydrogen-bond acceptors (Lipinski definition) is 7. The Balaban J connectivity index is 1.33. The number of carbonyl (C=O) groups is 3. The smallest absolute Gasteiger partial charge is 0.269 e. The van der Waals surface area contributed by atoms with Gasteiger partial charge in [0.2, 0.25) is 5.91 Å². The van der Waals surface area contributed by atoms with Crippen LogP contribution in [0.4, 0.5) is 0 Å². The van der Waals surface area contributed by atoms with Gasteiger partial charge in [0.1, 0.15) is 10.1 Å². The van der Waals surface area contributed by atoms with E-state index in [0.29, 0.717) is 22.2 Å². The zero-order valence-corrected chi connectivity index (χ0v) is 18.9. The van der Waals surface area contributed by atoms with Gasteiger partial charge in [-0.25, -0.2) is 0 Å². The first-order chi connectivity index (χ1) is 14.9. The molecule has 0 saturated carbocycles. The fourth-order valence-corrected chi connectivity index (χ4v) is 4.87. The van der Waals surface area contributed by atoms with E-state index in [-0.39, 0.29) is 29.5 Å². The maximum Gasteiger partial charge on any atom is 0.269 e. The molecule has 0 aliphatic carbocycles.